The quantitative estimate of drug-likeness (QED) is 0.671. The van der Waals surface area contributed by atoms with Gasteiger partial charge in [-0.2, -0.15) is 0 Å². The molecular formula is C10H22N2O. The number of nitrogens with zero attached hydrogens (tertiary/aromatic N) is 1. The first kappa shape index (κ1) is 11.0. The van der Waals surface area contributed by atoms with E-state index in [1.54, 1.807) is 0 Å². The Bertz CT molecular complexity index is 151. The molecule has 0 radical (unpaired) electrons. The van der Waals surface area contributed by atoms with Crippen molar-refractivity contribution in [3.63, 3.8) is 0 Å². The Kier molecular flexibility index (Phi) is 3.71. The van der Waals surface area contributed by atoms with Crippen molar-refractivity contribution < 1.29 is 5.11 Å². The van der Waals surface area contributed by atoms with Crippen molar-refractivity contribution in [1.29, 1.82) is 0 Å². The average molecular weight is 186 g/mol. The third-order valence-corrected chi connectivity index (χ3v) is 3.12. The second-order valence-corrected chi connectivity index (χ2v) is 4.45. The van der Waals surface area contributed by atoms with Crippen LogP contribution < -0.4 is 5.32 Å². The van der Waals surface area contributed by atoms with Gasteiger partial charge in [-0.05, 0) is 46.8 Å². The van der Waals surface area contributed by atoms with E-state index in [-0.39, 0.29) is 0 Å². The van der Waals surface area contributed by atoms with Crippen LogP contribution in [0.1, 0.15) is 25.7 Å². The summed E-state index contributed by atoms with van der Waals surface area (Å²) in [5.41, 5.74) is -0.443. The predicted octanol–water partition coefficient (Wildman–Crippen LogP) is 0.441. The van der Waals surface area contributed by atoms with Crippen molar-refractivity contribution in [2.24, 2.45) is 0 Å². The standard InChI is InChI=1S/C10H22N2O/c1-11-8-10(13)6-4-9(5-7-10)12(2)3/h9,11,13H,4-8H2,1-3H3. The second-order valence-electron chi connectivity index (χ2n) is 4.45. The summed E-state index contributed by atoms with van der Waals surface area (Å²) >= 11 is 0. The van der Waals surface area contributed by atoms with Crippen molar-refractivity contribution in [2.75, 3.05) is 27.7 Å². The summed E-state index contributed by atoms with van der Waals surface area (Å²) < 4.78 is 0. The molecule has 1 saturated carbocycles. The average Bonchev–Trinajstić information content (AvgIpc) is 2.05. The molecule has 3 heteroatoms. The molecule has 0 saturated heterocycles. The molecule has 0 aromatic rings. The highest BCUT2D eigenvalue weighted by Crippen LogP contribution is 2.29. The van der Waals surface area contributed by atoms with E-state index in [0.29, 0.717) is 6.04 Å². The van der Waals surface area contributed by atoms with Gasteiger partial charge < -0.3 is 15.3 Å². The minimum absolute atomic E-state index is 0.443. The zero-order valence-electron chi connectivity index (χ0n) is 9.01. The lowest BCUT2D eigenvalue weighted by Gasteiger charge is -2.38. The molecule has 3 nitrogen and oxygen atoms in total. The highest BCUT2D eigenvalue weighted by Gasteiger charge is 2.32. The Labute approximate surface area is 81.1 Å². The Morgan fingerprint density at radius 2 is 1.92 bits per heavy atom. The smallest absolute Gasteiger partial charge is 0.0772 e. The summed E-state index contributed by atoms with van der Waals surface area (Å²) in [5, 5.41) is 13.1. The summed E-state index contributed by atoms with van der Waals surface area (Å²) in [6.07, 6.45) is 4.09. The monoisotopic (exact) mass is 186 g/mol. The van der Waals surface area contributed by atoms with Crippen LogP contribution in [0.25, 0.3) is 0 Å². The zero-order valence-corrected chi connectivity index (χ0v) is 9.01. The van der Waals surface area contributed by atoms with Crippen LogP contribution in [0.2, 0.25) is 0 Å². The number of likely N-dealkylation sites (N-methyl/N-ethyl adjacent to an activating group) is 1. The zero-order chi connectivity index (χ0) is 9.90. The highest BCUT2D eigenvalue weighted by atomic mass is 16.3. The first-order valence-corrected chi connectivity index (χ1v) is 5.11. The van der Waals surface area contributed by atoms with Gasteiger partial charge in [-0.1, -0.05) is 0 Å². The third-order valence-electron chi connectivity index (χ3n) is 3.12. The molecule has 0 amide bonds. The minimum Gasteiger partial charge on any atom is -0.389 e. The molecule has 0 bridgehead atoms. The number of hydrogen-bond donors (Lipinski definition) is 2. The fraction of sp³-hybridized carbons (Fsp3) is 1.00. The Morgan fingerprint density at radius 1 is 1.38 bits per heavy atom. The normalized spacial score (nSPS) is 35.3. The van der Waals surface area contributed by atoms with Crippen molar-refractivity contribution in [3.8, 4) is 0 Å². The molecule has 0 heterocycles. The molecule has 0 atom stereocenters. The van der Waals surface area contributed by atoms with Gasteiger partial charge in [0.2, 0.25) is 0 Å². The van der Waals surface area contributed by atoms with E-state index in [4.69, 9.17) is 0 Å². The lowest BCUT2D eigenvalue weighted by Crippen LogP contribution is -2.46. The number of hydrogen-bond acceptors (Lipinski definition) is 3. The predicted molar refractivity (Wildman–Crippen MR) is 54.8 cm³/mol. The van der Waals surface area contributed by atoms with E-state index < -0.39 is 5.60 Å². The molecular weight excluding hydrogens is 164 g/mol. The summed E-state index contributed by atoms with van der Waals surface area (Å²) in [5.74, 6) is 0. The largest absolute Gasteiger partial charge is 0.389 e. The fourth-order valence-corrected chi connectivity index (χ4v) is 2.16. The topological polar surface area (TPSA) is 35.5 Å². The third kappa shape index (κ3) is 2.93. The van der Waals surface area contributed by atoms with Crippen LogP contribution >= 0.6 is 0 Å². The Balaban J connectivity index is 2.37. The van der Waals surface area contributed by atoms with Crippen molar-refractivity contribution in [2.45, 2.75) is 37.3 Å². The van der Waals surface area contributed by atoms with Gasteiger partial charge in [0, 0.05) is 12.6 Å². The van der Waals surface area contributed by atoms with Crippen molar-refractivity contribution >= 4 is 0 Å². The molecule has 1 fully saturated rings. The molecule has 0 aliphatic heterocycles. The maximum Gasteiger partial charge on any atom is 0.0772 e. The van der Waals surface area contributed by atoms with Gasteiger partial charge in [0.15, 0.2) is 0 Å². The van der Waals surface area contributed by atoms with E-state index in [2.05, 4.69) is 24.3 Å². The first-order valence-electron chi connectivity index (χ1n) is 5.11. The molecule has 1 rings (SSSR count). The molecule has 1 aliphatic carbocycles. The van der Waals surface area contributed by atoms with Crippen LogP contribution in [0.15, 0.2) is 0 Å². The Morgan fingerprint density at radius 3 is 2.31 bits per heavy atom. The van der Waals surface area contributed by atoms with Crippen LogP contribution in [0, 0.1) is 0 Å². The molecule has 2 N–H and O–H groups in total. The van der Waals surface area contributed by atoms with E-state index in [0.717, 1.165) is 32.2 Å². The molecule has 0 aromatic heterocycles. The van der Waals surface area contributed by atoms with Gasteiger partial charge in [-0.3, -0.25) is 0 Å². The van der Waals surface area contributed by atoms with Gasteiger partial charge in [-0.25, -0.2) is 0 Å². The van der Waals surface area contributed by atoms with Crippen LogP contribution in [0.5, 0.6) is 0 Å². The molecule has 78 valence electrons. The van der Waals surface area contributed by atoms with Crippen LogP contribution in [0.4, 0.5) is 0 Å². The fourth-order valence-electron chi connectivity index (χ4n) is 2.16. The molecule has 13 heavy (non-hydrogen) atoms. The summed E-state index contributed by atoms with van der Waals surface area (Å²) in [4.78, 5) is 2.26. The number of aliphatic hydroxyl groups is 1. The van der Waals surface area contributed by atoms with E-state index >= 15 is 0 Å². The molecule has 1 aliphatic rings. The Hall–Kier alpha value is -0.120. The van der Waals surface area contributed by atoms with Gasteiger partial charge in [0.05, 0.1) is 5.60 Å². The highest BCUT2D eigenvalue weighted by molar-refractivity contribution is 4.89. The van der Waals surface area contributed by atoms with Gasteiger partial charge in [-0.15, -0.1) is 0 Å². The van der Waals surface area contributed by atoms with E-state index in [9.17, 15) is 5.11 Å². The van der Waals surface area contributed by atoms with Crippen LogP contribution in [0.3, 0.4) is 0 Å². The number of rotatable bonds is 3. The molecule has 0 aromatic carbocycles. The lowest BCUT2D eigenvalue weighted by atomic mass is 9.82. The summed E-state index contributed by atoms with van der Waals surface area (Å²) in [6, 6.07) is 0.664. The summed E-state index contributed by atoms with van der Waals surface area (Å²) in [7, 11) is 6.14. The first-order chi connectivity index (χ1) is 6.07. The van der Waals surface area contributed by atoms with Crippen LogP contribution in [-0.2, 0) is 0 Å². The van der Waals surface area contributed by atoms with Crippen molar-refractivity contribution in [3.05, 3.63) is 0 Å². The summed E-state index contributed by atoms with van der Waals surface area (Å²) in [6.45, 7) is 0.729. The van der Waals surface area contributed by atoms with Gasteiger partial charge in [0.1, 0.15) is 0 Å². The number of nitrogens with one attached hydrogen (secondary N) is 1. The SMILES string of the molecule is CNCC1(O)CCC(N(C)C)CC1. The maximum absolute atomic E-state index is 10.1. The molecule has 0 unspecified atom stereocenters. The lowest BCUT2D eigenvalue weighted by molar-refractivity contribution is -0.0117. The van der Waals surface area contributed by atoms with Crippen molar-refractivity contribution in [1.82, 2.24) is 10.2 Å². The second kappa shape index (κ2) is 4.40. The molecule has 0 spiro atoms. The van der Waals surface area contributed by atoms with Crippen LogP contribution in [-0.4, -0.2) is 49.3 Å². The van der Waals surface area contributed by atoms with Gasteiger partial charge in [0.25, 0.3) is 0 Å². The maximum atomic E-state index is 10.1. The minimum atomic E-state index is -0.443. The van der Waals surface area contributed by atoms with Gasteiger partial charge >= 0.3 is 0 Å². The van der Waals surface area contributed by atoms with E-state index in [1.165, 1.54) is 0 Å². The van der Waals surface area contributed by atoms with E-state index in [1.807, 2.05) is 7.05 Å².